The monoisotopic (exact) mass is 426 g/mol. The maximum atomic E-state index is 12.6. The second-order valence-corrected chi connectivity index (χ2v) is 7.38. The molecule has 0 spiro atoms. The molecule has 8 nitrogen and oxygen atoms in total. The van der Waals surface area contributed by atoms with E-state index in [9.17, 15) is 9.59 Å². The Morgan fingerprint density at radius 3 is 2.62 bits per heavy atom. The number of rotatable bonds is 4. The minimum Gasteiger partial charge on any atom is -0.483 e. The number of aryl methyl sites for hydroxylation is 1. The molecule has 2 fully saturated rings. The van der Waals surface area contributed by atoms with E-state index in [2.05, 4.69) is 0 Å². The maximum absolute atomic E-state index is 12.6. The van der Waals surface area contributed by atoms with Gasteiger partial charge in [0, 0.05) is 31.2 Å². The molecule has 2 aliphatic heterocycles. The number of hydrogen-bond acceptors (Lipinski definition) is 5. The number of likely N-dealkylation sites (tertiary alicyclic amines) is 1. The van der Waals surface area contributed by atoms with Gasteiger partial charge in [-0.3, -0.25) is 14.4 Å². The van der Waals surface area contributed by atoms with Gasteiger partial charge >= 0.3 is 0 Å². The summed E-state index contributed by atoms with van der Waals surface area (Å²) in [6, 6.07) is 5.29. The van der Waals surface area contributed by atoms with Gasteiger partial charge in [-0.25, -0.2) is 0 Å². The van der Waals surface area contributed by atoms with Gasteiger partial charge in [-0.05, 0) is 43.5 Å². The van der Waals surface area contributed by atoms with Crippen LogP contribution in [-0.4, -0.2) is 79.2 Å². The summed E-state index contributed by atoms with van der Waals surface area (Å²) in [5, 5.41) is 7.52. The van der Waals surface area contributed by atoms with Gasteiger partial charge in [0.25, 0.3) is 12.4 Å². The molecule has 1 aromatic carbocycles. The first-order chi connectivity index (χ1) is 14.0. The van der Waals surface area contributed by atoms with Gasteiger partial charge in [-0.2, -0.15) is 0 Å². The summed E-state index contributed by atoms with van der Waals surface area (Å²) in [6.07, 6.45) is 2.10. The van der Waals surface area contributed by atoms with Gasteiger partial charge in [0.05, 0.1) is 19.1 Å². The Morgan fingerprint density at radius 2 is 1.97 bits per heavy atom. The summed E-state index contributed by atoms with van der Waals surface area (Å²) >= 11 is 5.94. The number of ether oxygens (including phenoxy) is 2. The fourth-order valence-electron chi connectivity index (χ4n) is 3.39. The molecule has 2 aliphatic rings. The molecule has 1 atom stereocenters. The molecular formula is C20H27ClN2O6. The second kappa shape index (κ2) is 11.6. The topological polar surface area (TPSA) is 96.4 Å². The van der Waals surface area contributed by atoms with E-state index < -0.39 is 0 Å². The molecule has 29 heavy (non-hydrogen) atoms. The highest BCUT2D eigenvalue weighted by atomic mass is 35.5. The Kier molecular flexibility index (Phi) is 9.21. The third-order valence-corrected chi connectivity index (χ3v) is 5.11. The Balaban J connectivity index is 0.000000941. The quantitative estimate of drug-likeness (QED) is 0.738. The Hall–Kier alpha value is -2.32. The van der Waals surface area contributed by atoms with Crippen LogP contribution in [0.4, 0.5) is 0 Å². The third-order valence-electron chi connectivity index (χ3n) is 4.87. The lowest BCUT2D eigenvalue weighted by Crippen LogP contribution is -2.44. The van der Waals surface area contributed by atoms with Crippen LogP contribution in [-0.2, 0) is 19.1 Å². The highest BCUT2D eigenvalue weighted by molar-refractivity contribution is 6.30. The van der Waals surface area contributed by atoms with E-state index in [4.69, 9.17) is 31.0 Å². The van der Waals surface area contributed by atoms with Gasteiger partial charge in [-0.1, -0.05) is 11.6 Å². The molecule has 3 rings (SSSR count). The standard InChI is InChI=1S/C19H25ClN2O4.CH2O2/c1-14-10-16(20)4-5-17(14)26-13-18(23)22-8-9-25-12-15(11-22)19(24)21-6-2-3-7-21;2-1-3/h4-5,10,15H,2-3,6-9,11-13H2,1H3;1H,(H,2,3). The van der Waals surface area contributed by atoms with E-state index in [0.717, 1.165) is 31.5 Å². The van der Waals surface area contributed by atoms with Gasteiger partial charge in [0.2, 0.25) is 5.91 Å². The van der Waals surface area contributed by atoms with Crippen LogP contribution in [0.2, 0.25) is 5.02 Å². The molecule has 2 heterocycles. The zero-order valence-electron chi connectivity index (χ0n) is 16.5. The number of carbonyl (C=O) groups excluding carboxylic acids is 2. The van der Waals surface area contributed by atoms with Crippen molar-refractivity contribution in [2.24, 2.45) is 5.92 Å². The molecule has 0 aliphatic carbocycles. The van der Waals surface area contributed by atoms with Crippen LogP contribution >= 0.6 is 11.6 Å². The van der Waals surface area contributed by atoms with Crippen molar-refractivity contribution in [1.29, 1.82) is 0 Å². The summed E-state index contributed by atoms with van der Waals surface area (Å²) in [5.41, 5.74) is 0.881. The minimum atomic E-state index is -0.295. The van der Waals surface area contributed by atoms with Crippen LogP contribution in [0.25, 0.3) is 0 Å². The van der Waals surface area contributed by atoms with Gasteiger partial charge in [0.15, 0.2) is 6.61 Å². The zero-order chi connectivity index (χ0) is 21.2. The molecule has 2 amide bonds. The van der Waals surface area contributed by atoms with Crippen molar-refractivity contribution in [3.8, 4) is 5.75 Å². The Labute approximate surface area is 175 Å². The van der Waals surface area contributed by atoms with Crippen molar-refractivity contribution < 1.29 is 29.0 Å². The van der Waals surface area contributed by atoms with Gasteiger partial charge in [-0.15, -0.1) is 0 Å². The van der Waals surface area contributed by atoms with Gasteiger partial charge < -0.3 is 24.4 Å². The molecule has 9 heteroatoms. The van der Waals surface area contributed by atoms with E-state index in [1.807, 2.05) is 11.8 Å². The normalized spacial score (nSPS) is 19.0. The average molecular weight is 427 g/mol. The zero-order valence-corrected chi connectivity index (χ0v) is 17.3. The maximum Gasteiger partial charge on any atom is 0.290 e. The summed E-state index contributed by atoms with van der Waals surface area (Å²) in [5.74, 6) is 0.302. The highest BCUT2D eigenvalue weighted by Crippen LogP contribution is 2.22. The number of carboxylic acid groups (broad SMARTS) is 1. The highest BCUT2D eigenvalue weighted by Gasteiger charge is 2.31. The minimum absolute atomic E-state index is 0.0624. The number of nitrogens with zero attached hydrogens (tertiary/aromatic N) is 2. The predicted molar refractivity (Wildman–Crippen MR) is 107 cm³/mol. The van der Waals surface area contributed by atoms with Crippen LogP contribution in [0, 0.1) is 12.8 Å². The molecule has 2 saturated heterocycles. The van der Waals surface area contributed by atoms with Crippen molar-refractivity contribution in [3.63, 3.8) is 0 Å². The molecule has 1 aromatic rings. The molecular weight excluding hydrogens is 400 g/mol. The van der Waals surface area contributed by atoms with E-state index in [-0.39, 0.29) is 30.8 Å². The first-order valence-corrected chi connectivity index (χ1v) is 9.95. The van der Waals surface area contributed by atoms with Crippen LogP contribution in [0.15, 0.2) is 18.2 Å². The van der Waals surface area contributed by atoms with Crippen LogP contribution in [0.5, 0.6) is 5.75 Å². The van der Waals surface area contributed by atoms with E-state index in [1.54, 1.807) is 23.1 Å². The lowest BCUT2D eigenvalue weighted by molar-refractivity contribution is -0.138. The first-order valence-electron chi connectivity index (χ1n) is 9.57. The molecule has 1 unspecified atom stereocenters. The van der Waals surface area contributed by atoms with E-state index in [0.29, 0.717) is 37.1 Å². The smallest absolute Gasteiger partial charge is 0.290 e. The van der Waals surface area contributed by atoms with Crippen molar-refractivity contribution in [1.82, 2.24) is 9.80 Å². The number of amides is 2. The summed E-state index contributed by atoms with van der Waals surface area (Å²) in [6.45, 7) is 4.86. The van der Waals surface area contributed by atoms with Crippen molar-refractivity contribution in [2.75, 3.05) is 46.0 Å². The Morgan fingerprint density at radius 1 is 1.28 bits per heavy atom. The van der Waals surface area contributed by atoms with Crippen LogP contribution in [0.3, 0.4) is 0 Å². The molecule has 0 radical (unpaired) electrons. The largest absolute Gasteiger partial charge is 0.483 e. The molecule has 1 N–H and O–H groups in total. The lowest BCUT2D eigenvalue weighted by atomic mass is 10.1. The Bertz CT molecular complexity index is 708. The number of carbonyl (C=O) groups is 3. The lowest BCUT2D eigenvalue weighted by Gasteiger charge is -2.26. The molecule has 0 bridgehead atoms. The third kappa shape index (κ3) is 6.90. The fraction of sp³-hybridized carbons (Fsp3) is 0.550. The van der Waals surface area contributed by atoms with Crippen LogP contribution in [0.1, 0.15) is 18.4 Å². The first kappa shape index (κ1) is 23.0. The predicted octanol–water partition coefficient (Wildman–Crippen LogP) is 1.83. The van der Waals surface area contributed by atoms with Crippen molar-refractivity contribution in [3.05, 3.63) is 28.8 Å². The molecule has 0 aromatic heterocycles. The number of halogens is 1. The summed E-state index contributed by atoms with van der Waals surface area (Å²) in [4.78, 5) is 37.2. The fourth-order valence-corrected chi connectivity index (χ4v) is 3.61. The van der Waals surface area contributed by atoms with Gasteiger partial charge in [0.1, 0.15) is 5.75 Å². The SMILES string of the molecule is Cc1cc(Cl)ccc1OCC(=O)N1CCOCC(C(=O)N2CCCC2)C1.O=CO. The number of benzene rings is 1. The van der Waals surface area contributed by atoms with Crippen molar-refractivity contribution in [2.45, 2.75) is 19.8 Å². The van der Waals surface area contributed by atoms with Crippen molar-refractivity contribution >= 4 is 29.9 Å². The summed E-state index contributed by atoms with van der Waals surface area (Å²) < 4.78 is 11.2. The molecule has 160 valence electrons. The average Bonchev–Trinajstić information content (AvgIpc) is 3.11. The number of hydrogen-bond donors (Lipinski definition) is 1. The second-order valence-electron chi connectivity index (χ2n) is 6.95. The summed E-state index contributed by atoms with van der Waals surface area (Å²) in [7, 11) is 0. The van der Waals surface area contributed by atoms with E-state index in [1.165, 1.54) is 0 Å². The van der Waals surface area contributed by atoms with E-state index >= 15 is 0 Å². The van der Waals surface area contributed by atoms with Crippen LogP contribution < -0.4 is 4.74 Å². The molecule has 0 saturated carbocycles.